The van der Waals surface area contributed by atoms with Crippen molar-refractivity contribution in [1.29, 1.82) is 0 Å². The Morgan fingerprint density at radius 1 is 1.26 bits per heavy atom. The van der Waals surface area contributed by atoms with Crippen LogP contribution in [0, 0.1) is 11.3 Å². The van der Waals surface area contributed by atoms with Crippen LogP contribution in [-0.2, 0) is 20.9 Å². The molecular formula is C21H29F3N2O4S. The number of carbonyl (C=O) groups excluding carboxylic acids is 1. The quantitative estimate of drug-likeness (QED) is 0.698. The molecule has 0 aromatic carbocycles. The number of rotatable bonds is 5. The molecule has 10 heteroatoms. The van der Waals surface area contributed by atoms with Crippen LogP contribution in [-0.4, -0.2) is 60.4 Å². The molecule has 2 saturated heterocycles. The predicted molar refractivity (Wildman–Crippen MR) is 110 cm³/mol. The summed E-state index contributed by atoms with van der Waals surface area (Å²) >= 11 is 1.78. The molecule has 1 spiro atoms. The Labute approximate surface area is 183 Å². The fraction of sp³-hybridized carbons (Fsp3) is 0.714. The highest BCUT2D eigenvalue weighted by Gasteiger charge is 2.44. The van der Waals surface area contributed by atoms with Gasteiger partial charge < -0.3 is 15.2 Å². The van der Waals surface area contributed by atoms with E-state index in [1.54, 1.807) is 11.3 Å². The van der Waals surface area contributed by atoms with Crippen molar-refractivity contribution in [2.24, 2.45) is 11.3 Å². The molecule has 31 heavy (non-hydrogen) atoms. The topological polar surface area (TPSA) is 78.9 Å². The number of hydrogen-bond acceptors (Lipinski definition) is 5. The molecule has 3 aliphatic rings. The zero-order valence-electron chi connectivity index (χ0n) is 17.3. The summed E-state index contributed by atoms with van der Waals surface area (Å²) in [7, 11) is 0. The Hall–Kier alpha value is -1.65. The van der Waals surface area contributed by atoms with E-state index < -0.39 is 12.1 Å². The maximum atomic E-state index is 12.3. The van der Waals surface area contributed by atoms with Gasteiger partial charge in [0.2, 0.25) is 5.91 Å². The number of aliphatic carboxylic acids is 1. The van der Waals surface area contributed by atoms with E-state index in [-0.39, 0.29) is 17.4 Å². The summed E-state index contributed by atoms with van der Waals surface area (Å²) in [6.45, 7) is 4.87. The summed E-state index contributed by atoms with van der Waals surface area (Å²) in [4.78, 5) is 23.7. The molecule has 0 bridgehead atoms. The summed E-state index contributed by atoms with van der Waals surface area (Å²) in [6.07, 6.45) is 1.54. The van der Waals surface area contributed by atoms with Crippen molar-refractivity contribution >= 4 is 23.2 Å². The van der Waals surface area contributed by atoms with Crippen molar-refractivity contribution in [1.82, 2.24) is 10.2 Å². The number of nitrogens with one attached hydrogen (secondary N) is 1. The van der Waals surface area contributed by atoms with Crippen molar-refractivity contribution in [2.45, 2.75) is 57.3 Å². The fourth-order valence-electron chi connectivity index (χ4n) is 4.26. The number of alkyl halides is 3. The number of carbonyl (C=O) groups is 2. The minimum absolute atomic E-state index is 0.209. The van der Waals surface area contributed by atoms with Crippen LogP contribution in [0.1, 0.15) is 44.1 Å². The van der Waals surface area contributed by atoms with Crippen LogP contribution >= 0.6 is 11.3 Å². The van der Waals surface area contributed by atoms with Gasteiger partial charge in [0, 0.05) is 19.6 Å². The van der Waals surface area contributed by atoms with E-state index in [2.05, 4.69) is 27.0 Å². The van der Waals surface area contributed by atoms with Crippen molar-refractivity contribution in [3.63, 3.8) is 0 Å². The van der Waals surface area contributed by atoms with Gasteiger partial charge in [0.1, 0.15) is 0 Å². The molecule has 1 aliphatic carbocycles. The molecule has 1 amide bonds. The van der Waals surface area contributed by atoms with Gasteiger partial charge in [0.05, 0.1) is 12.6 Å². The summed E-state index contributed by atoms with van der Waals surface area (Å²) in [5, 5.41) is 14.9. The summed E-state index contributed by atoms with van der Waals surface area (Å²) in [5.41, 5.74) is 1.68. The van der Waals surface area contributed by atoms with Crippen molar-refractivity contribution in [3.8, 4) is 0 Å². The van der Waals surface area contributed by atoms with E-state index in [0.29, 0.717) is 12.5 Å². The first-order chi connectivity index (χ1) is 14.7. The van der Waals surface area contributed by atoms with E-state index in [1.165, 1.54) is 31.2 Å². The van der Waals surface area contributed by atoms with Crippen LogP contribution < -0.4 is 5.32 Å². The normalized spacial score (nSPS) is 23.6. The summed E-state index contributed by atoms with van der Waals surface area (Å²) in [6, 6.07) is 2.44. The van der Waals surface area contributed by atoms with E-state index >= 15 is 0 Å². The van der Waals surface area contributed by atoms with E-state index in [0.717, 1.165) is 39.1 Å². The lowest BCUT2D eigenvalue weighted by atomic mass is 9.69. The second-order valence-corrected chi connectivity index (χ2v) is 9.45. The zero-order chi connectivity index (χ0) is 22.5. The zero-order valence-corrected chi connectivity index (χ0v) is 18.1. The molecule has 3 fully saturated rings. The number of hydrogen-bond donors (Lipinski definition) is 2. The maximum Gasteiger partial charge on any atom is 0.490 e. The molecule has 1 unspecified atom stereocenters. The molecule has 1 aromatic heterocycles. The third kappa shape index (κ3) is 7.18. The second-order valence-electron chi connectivity index (χ2n) is 8.67. The minimum atomic E-state index is -5.08. The highest BCUT2D eigenvalue weighted by atomic mass is 32.1. The lowest BCUT2D eigenvalue weighted by Crippen LogP contribution is -2.57. The lowest BCUT2D eigenvalue weighted by molar-refractivity contribution is -0.192. The largest absolute Gasteiger partial charge is 0.490 e. The number of thiophene rings is 1. The van der Waals surface area contributed by atoms with Crippen LogP contribution in [0.15, 0.2) is 16.8 Å². The Morgan fingerprint density at radius 3 is 2.48 bits per heavy atom. The standard InChI is InChI=1S/C19H28N2O2S.C2HF3O2/c22-18(11-15-1-2-15)20-17-13-23-9-6-19(17)4-7-21(8-5-19)12-16-3-10-24-14-16;3-2(4,5)1(6)7/h3,10,14-15,17H,1-2,4-9,11-13H2,(H,20,22);(H,6,7). The van der Waals surface area contributed by atoms with Gasteiger partial charge in [0.15, 0.2) is 0 Å². The average molecular weight is 463 g/mol. The number of halogens is 3. The third-order valence-electron chi connectivity index (χ3n) is 6.35. The van der Waals surface area contributed by atoms with E-state index in [9.17, 15) is 18.0 Å². The predicted octanol–water partition coefficient (Wildman–Crippen LogP) is 3.67. The van der Waals surface area contributed by atoms with Gasteiger partial charge in [-0.2, -0.15) is 24.5 Å². The summed E-state index contributed by atoms with van der Waals surface area (Å²) < 4.78 is 37.5. The number of amides is 1. The van der Waals surface area contributed by atoms with Gasteiger partial charge in [-0.05, 0) is 78.9 Å². The Morgan fingerprint density at radius 2 is 1.94 bits per heavy atom. The van der Waals surface area contributed by atoms with Crippen LogP contribution in [0.3, 0.4) is 0 Å². The molecule has 0 radical (unpaired) electrons. The first-order valence-corrected chi connectivity index (χ1v) is 11.5. The molecule has 1 aromatic rings. The third-order valence-corrected chi connectivity index (χ3v) is 7.09. The molecule has 6 nitrogen and oxygen atoms in total. The molecule has 174 valence electrons. The number of piperidine rings is 1. The second kappa shape index (κ2) is 10.3. The van der Waals surface area contributed by atoms with Gasteiger partial charge in [-0.3, -0.25) is 9.69 Å². The highest BCUT2D eigenvalue weighted by Crippen LogP contribution is 2.41. The Kier molecular flexibility index (Phi) is 7.98. The number of carboxylic acid groups (broad SMARTS) is 1. The van der Waals surface area contributed by atoms with Gasteiger partial charge in [-0.1, -0.05) is 0 Å². The minimum Gasteiger partial charge on any atom is -0.475 e. The Bertz CT molecular complexity index is 729. The highest BCUT2D eigenvalue weighted by molar-refractivity contribution is 7.07. The van der Waals surface area contributed by atoms with Gasteiger partial charge in [-0.15, -0.1) is 0 Å². The first-order valence-electron chi connectivity index (χ1n) is 10.6. The van der Waals surface area contributed by atoms with Gasteiger partial charge in [-0.25, -0.2) is 4.79 Å². The number of likely N-dealkylation sites (tertiary alicyclic amines) is 1. The number of carboxylic acids is 1. The molecule has 2 aliphatic heterocycles. The van der Waals surface area contributed by atoms with Gasteiger partial charge in [0.25, 0.3) is 0 Å². The molecular weight excluding hydrogens is 433 g/mol. The number of nitrogens with zero attached hydrogens (tertiary/aromatic N) is 1. The monoisotopic (exact) mass is 462 g/mol. The van der Waals surface area contributed by atoms with Gasteiger partial charge >= 0.3 is 12.1 Å². The lowest BCUT2D eigenvalue weighted by Gasteiger charge is -2.49. The SMILES string of the molecule is O=C(CC1CC1)NC1COCCC12CCN(Cc1ccsc1)CC2.O=C(O)C(F)(F)F. The molecule has 3 heterocycles. The van der Waals surface area contributed by atoms with E-state index in [4.69, 9.17) is 14.6 Å². The smallest absolute Gasteiger partial charge is 0.475 e. The summed E-state index contributed by atoms with van der Waals surface area (Å²) in [5.74, 6) is -1.86. The molecule has 1 saturated carbocycles. The molecule has 4 rings (SSSR count). The van der Waals surface area contributed by atoms with E-state index in [1.807, 2.05) is 0 Å². The maximum absolute atomic E-state index is 12.3. The first kappa shape index (κ1) is 24.0. The van der Waals surface area contributed by atoms with Crippen LogP contribution in [0.25, 0.3) is 0 Å². The van der Waals surface area contributed by atoms with Crippen LogP contribution in [0.4, 0.5) is 13.2 Å². The van der Waals surface area contributed by atoms with Crippen molar-refractivity contribution in [2.75, 3.05) is 26.3 Å². The van der Waals surface area contributed by atoms with Crippen LogP contribution in [0.5, 0.6) is 0 Å². The molecule has 2 N–H and O–H groups in total. The van der Waals surface area contributed by atoms with Crippen LogP contribution in [0.2, 0.25) is 0 Å². The molecule has 1 atom stereocenters. The fourth-order valence-corrected chi connectivity index (χ4v) is 4.92. The average Bonchev–Trinajstić information content (AvgIpc) is 3.37. The van der Waals surface area contributed by atoms with Crippen molar-refractivity contribution < 1.29 is 32.6 Å². The van der Waals surface area contributed by atoms with Crippen molar-refractivity contribution in [3.05, 3.63) is 22.4 Å². The number of ether oxygens (including phenoxy) is 1. The Balaban J connectivity index is 0.000000339.